The van der Waals surface area contributed by atoms with Gasteiger partial charge in [-0.25, -0.2) is 4.98 Å². The topological polar surface area (TPSA) is 54.0 Å². The third-order valence-electron chi connectivity index (χ3n) is 2.86. The number of benzene rings is 2. The smallest absolute Gasteiger partial charge is 0.258 e. The van der Waals surface area contributed by atoms with Crippen molar-refractivity contribution in [3.8, 4) is 0 Å². The molecular formula is C15H10BrN3OS2. The fourth-order valence-corrected chi connectivity index (χ4v) is 3.46. The molecule has 0 saturated heterocycles. The SMILES string of the molecule is O=C(NC(=S)Nc1nc2ccccc2s1)c1ccccc1Br. The maximum absolute atomic E-state index is 12.2. The average molecular weight is 392 g/mol. The Morgan fingerprint density at radius 2 is 1.86 bits per heavy atom. The molecule has 2 aromatic carbocycles. The standard InChI is InChI=1S/C15H10BrN3OS2/c16-10-6-2-1-5-9(10)13(20)18-14(21)19-15-17-11-7-3-4-8-12(11)22-15/h1-8H,(H2,17,18,19,20,21). The highest BCUT2D eigenvalue weighted by atomic mass is 79.9. The summed E-state index contributed by atoms with van der Waals surface area (Å²) < 4.78 is 1.78. The molecule has 3 rings (SSSR count). The summed E-state index contributed by atoms with van der Waals surface area (Å²) in [6, 6.07) is 15.0. The first-order valence-corrected chi connectivity index (χ1v) is 8.38. The lowest BCUT2D eigenvalue weighted by atomic mass is 10.2. The van der Waals surface area contributed by atoms with Crippen LogP contribution in [0.2, 0.25) is 0 Å². The quantitative estimate of drug-likeness (QED) is 0.643. The van der Waals surface area contributed by atoms with E-state index in [-0.39, 0.29) is 11.0 Å². The van der Waals surface area contributed by atoms with Crippen LogP contribution in [0, 0.1) is 0 Å². The summed E-state index contributed by atoms with van der Waals surface area (Å²) >= 11 is 9.99. The molecule has 3 aromatic rings. The lowest BCUT2D eigenvalue weighted by Crippen LogP contribution is -2.34. The monoisotopic (exact) mass is 391 g/mol. The molecule has 1 amide bonds. The summed E-state index contributed by atoms with van der Waals surface area (Å²) in [5, 5.41) is 6.46. The maximum Gasteiger partial charge on any atom is 0.258 e. The molecule has 1 heterocycles. The Kier molecular flexibility index (Phi) is 4.47. The zero-order valence-corrected chi connectivity index (χ0v) is 14.4. The number of anilines is 1. The average Bonchev–Trinajstić information content (AvgIpc) is 2.89. The molecule has 0 aliphatic carbocycles. The van der Waals surface area contributed by atoms with Crippen molar-refractivity contribution in [1.29, 1.82) is 0 Å². The predicted octanol–water partition coefficient (Wildman–Crippen LogP) is 4.19. The normalized spacial score (nSPS) is 10.4. The number of carbonyl (C=O) groups excluding carboxylic acids is 1. The second kappa shape index (κ2) is 6.51. The van der Waals surface area contributed by atoms with Gasteiger partial charge in [0.2, 0.25) is 0 Å². The minimum absolute atomic E-state index is 0.222. The number of hydrogen-bond acceptors (Lipinski definition) is 4. The molecule has 110 valence electrons. The molecule has 7 heteroatoms. The van der Waals surface area contributed by atoms with Crippen molar-refractivity contribution in [2.24, 2.45) is 0 Å². The number of para-hydroxylation sites is 1. The van der Waals surface area contributed by atoms with E-state index in [0.29, 0.717) is 10.7 Å². The van der Waals surface area contributed by atoms with Crippen LogP contribution in [0.4, 0.5) is 5.13 Å². The van der Waals surface area contributed by atoms with E-state index in [1.54, 1.807) is 18.2 Å². The van der Waals surface area contributed by atoms with Crippen LogP contribution in [0.3, 0.4) is 0 Å². The predicted molar refractivity (Wildman–Crippen MR) is 97.4 cm³/mol. The number of amides is 1. The van der Waals surface area contributed by atoms with E-state index in [1.807, 2.05) is 30.3 Å². The van der Waals surface area contributed by atoms with Gasteiger partial charge < -0.3 is 5.32 Å². The molecule has 2 N–H and O–H groups in total. The van der Waals surface area contributed by atoms with Gasteiger partial charge in [-0.2, -0.15) is 0 Å². The number of nitrogens with zero attached hydrogens (tertiary/aromatic N) is 1. The van der Waals surface area contributed by atoms with Gasteiger partial charge in [-0.15, -0.1) is 0 Å². The van der Waals surface area contributed by atoms with Gasteiger partial charge in [-0.3, -0.25) is 10.1 Å². The molecule has 22 heavy (non-hydrogen) atoms. The van der Waals surface area contributed by atoms with Crippen molar-refractivity contribution in [2.45, 2.75) is 0 Å². The molecule has 4 nitrogen and oxygen atoms in total. The highest BCUT2D eigenvalue weighted by Gasteiger charge is 2.12. The molecule has 1 aromatic heterocycles. The second-order valence-electron chi connectivity index (χ2n) is 4.37. The molecule has 0 fully saturated rings. The Morgan fingerprint density at radius 1 is 1.14 bits per heavy atom. The van der Waals surface area contributed by atoms with Crippen LogP contribution in [0.25, 0.3) is 10.2 Å². The van der Waals surface area contributed by atoms with Crippen molar-refractivity contribution in [1.82, 2.24) is 10.3 Å². The zero-order chi connectivity index (χ0) is 15.5. The molecule has 0 saturated carbocycles. The third-order valence-corrected chi connectivity index (χ3v) is 4.71. The summed E-state index contributed by atoms with van der Waals surface area (Å²) in [5.74, 6) is -0.272. The Hall–Kier alpha value is -1.83. The van der Waals surface area contributed by atoms with Crippen LogP contribution in [-0.4, -0.2) is 16.0 Å². The summed E-state index contributed by atoms with van der Waals surface area (Å²) in [6.07, 6.45) is 0. The number of aromatic nitrogens is 1. The Balaban J connectivity index is 1.70. The maximum atomic E-state index is 12.2. The first kappa shape index (κ1) is 15.1. The van der Waals surface area contributed by atoms with E-state index in [2.05, 4.69) is 31.5 Å². The highest BCUT2D eigenvalue weighted by molar-refractivity contribution is 9.10. The van der Waals surface area contributed by atoms with Crippen LogP contribution in [0.5, 0.6) is 0 Å². The van der Waals surface area contributed by atoms with Crippen molar-refractivity contribution < 1.29 is 4.79 Å². The molecule has 0 unspecified atom stereocenters. The van der Waals surface area contributed by atoms with Gasteiger partial charge in [0.1, 0.15) is 0 Å². The van der Waals surface area contributed by atoms with Gasteiger partial charge >= 0.3 is 0 Å². The van der Waals surface area contributed by atoms with E-state index in [1.165, 1.54) is 11.3 Å². The summed E-state index contributed by atoms with van der Waals surface area (Å²) in [7, 11) is 0. The third kappa shape index (κ3) is 3.32. The van der Waals surface area contributed by atoms with Crippen molar-refractivity contribution in [3.05, 3.63) is 58.6 Å². The van der Waals surface area contributed by atoms with Crippen LogP contribution in [0.15, 0.2) is 53.0 Å². The Labute approximate surface area is 144 Å². The van der Waals surface area contributed by atoms with Crippen LogP contribution in [0.1, 0.15) is 10.4 Å². The molecule has 0 aliphatic rings. The fraction of sp³-hybridized carbons (Fsp3) is 0. The summed E-state index contributed by atoms with van der Waals surface area (Å²) in [5.41, 5.74) is 1.42. The zero-order valence-electron chi connectivity index (χ0n) is 11.2. The molecule has 0 spiro atoms. The Bertz CT molecular complexity index is 830. The van der Waals surface area contributed by atoms with Gasteiger partial charge in [0, 0.05) is 4.47 Å². The Morgan fingerprint density at radius 3 is 2.64 bits per heavy atom. The van der Waals surface area contributed by atoms with Gasteiger partial charge in [0.05, 0.1) is 15.8 Å². The molecule has 0 atom stereocenters. The highest BCUT2D eigenvalue weighted by Crippen LogP contribution is 2.25. The van der Waals surface area contributed by atoms with E-state index in [0.717, 1.165) is 14.7 Å². The number of nitrogens with one attached hydrogen (secondary N) is 2. The largest absolute Gasteiger partial charge is 0.308 e. The van der Waals surface area contributed by atoms with Gasteiger partial charge in [-0.05, 0) is 52.4 Å². The molecule has 0 bridgehead atoms. The van der Waals surface area contributed by atoms with Gasteiger partial charge in [0.15, 0.2) is 10.2 Å². The fourth-order valence-electron chi connectivity index (χ4n) is 1.87. The number of carbonyl (C=O) groups is 1. The van der Waals surface area contributed by atoms with Crippen molar-refractivity contribution in [3.63, 3.8) is 0 Å². The summed E-state index contributed by atoms with van der Waals surface area (Å²) in [6.45, 7) is 0. The number of fused-ring (bicyclic) bond motifs is 1. The van der Waals surface area contributed by atoms with Gasteiger partial charge in [-0.1, -0.05) is 35.6 Å². The van der Waals surface area contributed by atoms with E-state index < -0.39 is 0 Å². The minimum Gasteiger partial charge on any atom is -0.308 e. The second-order valence-corrected chi connectivity index (χ2v) is 6.67. The minimum atomic E-state index is -0.272. The van der Waals surface area contributed by atoms with E-state index >= 15 is 0 Å². The number of thiazole rings is 1. The number of thiocarbonyl (C=S) groups is 1. The van der Waals surface area contributed by atoms with E-state index in [4.69, 9.17) is 12.2 Å². The van der Waals surface area contributed by atoms with Crippen LogP contribution >= 0.6 is 39.5 Å². The molecule has 0 aliphatic heterocycles. The van der Waals surface area contributed by atoms with Crippen molar-refractivity contribution in [2.75, 3.05) is 5.32 Å². The van der Waals surface area contributed by atoms with E-state index in [9.17, 15) is 4.79 Å². The number of rotatable bonds is 2. The number of hydrogen-bond donors (Lipinski definition) is 2. The van der Waals surface area contributed by atoms with Crippen molar-refractivity contribution >= 4 is 65.9 Å². The summed E-state index contributed by atoms with van der Waals surface area (Å²) in [4.78, 5) is 16.6. The first-order valence-electron chi connectivity index (χ1n) is 6.36. The molecule has 0 radical (unpaired) electrons. The number of halogens is 1. The lowest BCUT2D eigenvalue weighted by Gasteiger charge is -2.08. The van der Waals surface area contributed by atoms with Crippen LogP contribution in [-0.2, 0) is 0 Å². The first-order chi connectivity index (χ1) is 10.6. The molecular weight excluding hydrogens is 382 g/mol. The lowest BCUT2D eigenvalue weighted by molar-refractivity contribution is 0.0977. The van der Waals surface area contributed by atoms with Crippen LogP contribution < -0.4 is 10.6 Å². The van der Waals surface area contributed by atoms with Gasteiger partial charge in [0.25, 0.3) is 5.91 Å².